The molecule has 0 spiro atoms. The summed E-state index contributed by atoms with van der Waals surface area (Å²) in [5, 5.41) is 19.1. The molecule has 0 amide bonds. The van der Waals surface area contributed by atoms with Gasteiger partial charge in [0.25, 0.3) is 5.69 Å². The second-order valence-corrected chi connectivity index (χ2v) is 3.50. The van der Waals surface area contributed by atoms with Gasteiger partial charge < -0.3 is 5.11 Å². The molecular weight excluding hydrogens is 222 g/mol. The quantitative estimate of drug-likeness (QED) is 0.467. The normalized spacial score (nSPS) is 10.6. The fraction of sp³-hybridized carbons (Fsp3) is 0.250. The van der Waals surface area contributed by atoms with Gasteiger partial charge in [-0.15, -0.1) is 0 Å². The van der Waals surface area contributed by atoms with Crippen molar-refractivity contribution in [2.75, 3.05) is 0 Å². The Balaban J connectivity index is 2.59. The van der Waals surface area contributed by atoms with E-state index >= 15 is 0 Å². The number of aliphatic carboxylic acids is 1. The van der Waals surface area contributed by atoms with Crippen molar-refractivity contribution in [1.82, 2.24) is 0 Å². The van der Waals surface area contributed by atoms with E-state index < -0.39 is 10.9 Å². The number of hydrogen-bond acceptors (Lipinski definition) is 3. The first kappa shape index (κ1) is 12.9. The number of nitro groups is 1. The van der Waals surface area contributed by atoms with Gasteiger partial charge in [0.15, 0.2) is 0 Å². The third-order valence-electron chi connectivity index (χ3n) is 2.19. The Kier molecular flexibility index (Phi) is 4.87. The molecule has 0 saturated heterocycles. The van der Waals surface area contributed by atoms with Gasteiger partial charge in [0.1, 0.15) is 0 Å². The van der Waals surface area contributed by atoms with Gasteiger partial charge in [-0.2, -0.15) is 0 Å². The fourth-order valence-corrected chi connectivity index (χ4v) is 1.38. The molecular formula is C12H13NO4. The van der Waals surface area contributed by atoms with Crippen molar-refractivity contribution in [3.8, 4) is 0 Å². The third kappa shape index (κ3) is 4.46. The summed E-state index contributed by atoms with van der Waals surface area (Å²) in [5.41, 5.74) is 0.592. The van der Waals surface area contributed by atoms with Gasteiger partial charge in [-0.25, -0.2) is 0 Å². The van der Waals surface area contributed by atoms with Crippen molar-refractivity contribution < 1.29 is 14.8 Å². The van der Waals surface area contributed by atoms with Gasteiger partial charge in [-0.1, -0.05) is 24.3 Å². The lowest BCUT2D eigenvalue weighted by atomic mass is 10.1. The highest BCUT2D eigenvalue weighted by atomic mass is 16.6. The number of hydrogen-bond donors (Lipinski definition) is 1. The van der Waals surface area contributed by atoms with Crippen LogP contribution in [0.25, 0.3) is 6.08 Å². The fourth-order valence-electron chi connectivity index (χ4n) is 1.38. The van der Waals surface area contributed by atoms with Crippen molar-refractivity contribution in [2.24, 2.45) is 0 Å². The zero-order chi connectivity index (χ0) is 12.7. The molecule has 0 heterocycles. The van der Waals surface area contributed by atoms with E-state index in [-0.39, 0.29) is 12.1 Å². The summed E-state index contributed by atoms with van der Waals surface area (Å²) in [5.74, 6) is -0.830. The molecule has 0 aliphatic carbocycles. The van der Waals surface area contributed by atoms with Gasteiger partial charge in [0.2, 0.25) is 0 Å². The zero-order valence-corrected chi connectivity index (χ0v) is 9.20. The second kappa shape index (κ2) is 6.42. The highest BCUT2D eigenvalue weighted by molar-refractivity contribution is 5.66. The smallest absolute Gasteiger partial charge is 0.303 e. The average Bonchev–Trinajstić information content (AvgIpc) is 2.28. The molecule has 0 saturated carbocycles. The topological polar surface area (TPSA) is 80.4 Å². The number of nitrogens with zero attached hydrogens (tertiary/aromatic N) is 1. The van der Waals surface area contributed by atoms with E-state index in [9.17, 15) is 14.9 Å². The second-order valence-electron chi connectivity index (χ2n) is 3.50. The van der Waals surface area contributed by atoms with Crippen LogP contribution in [0.2, 0.25) is 0 Å². The van der Waals surface area contributed by atoms with Gasteiger partial charge >= 0.3 is 5.97 Å². The lowest BCUT2D eigenvalue weighted by molar-refractivity contribution is -0.385. The molecule has 0 unspecified atom stereocenters. The van der Waals surface area contributed by atoms with Crippen LogP contribution in [0.4, 0.5) is 5.69 Å². The van der Waals surface area contributed by atoms with Crippen LogP contribution >= 0.6 is 0 Å². The number of benzene rings is 1. The number of carboxylic acid groups (broad SMARTS) is 1. The number of carboxylic acids is 1. The van der Waals surface area contributed by atoms with Crippen LogP contribution in [0.5, 0.6) is 0 Å². The molecule has 1 aromatic carbocycles. The molecule has 0 bridgehead atoms. The van der Waals surface area contributed by atoms with Crippen LogP contribution in [-0.4, -0.2) is 16.0 Å². The minimum absolute atomic E-state index is 0.0574. The Labute approximate surface area is 98.5 Å². The molecule has 0 aliphatic rings. The molecule has 0 aliphatic heterocycles. The van der Waals surface area contributed by atoms with Gasteiger partial charge in [0.05, 0.1) is 10.5 Å². The molecule has 0 aromatic heterocycles. The summed E-state index contributed by atoms with van der Waals surface area (Å²) in [6.45, 7) is 0. The maximum Gasteiger partial charge on any atom is 0.303 e. The Morgan fingerprint density at radius 1 is 1.41 bits per heavy atom. The van der Waals surface area contributed by atoms with Gasteiger partial charge in [-0.3, -0.25) is 14.9 Å². The number of carbonyl (C=O) groups is 1. The van der Waals surface area contributed by atoms with Crippen LogP contribution in [-0.2, 0) is 4.79 Å². The van der Waals surface area contributed by atoms with Crippen molar-refractivity contribution in [3.63, 3.8) is 0 Å². The van der Waals surface area contributed by atoms with Crippen molar-refractivity contribution in [2.45, 2.75) is 19.3 Å². The van der Waals surface area contributed by atoms with Gasteiger partial charge in [-0.05, 0) is 18.9 Å². The molecule has 5 nitrogen and oxygen atoms in total. The largest absolute Gasteiger partial charge is 0.481 e. The standard InChI is InChI=1S/C12H13NO4/c14-12(15)9-3-1-2-6-10-7-4-5-8-11(10)13(16)17/h2,4-8H,1,3,9H2,(H,14,15). The number of unbranched alkanes of at least 4 members (excludes halogenated alkanes) is 1. The summed E-state index contributed by atoms with van der Waals surface area (Å²) in [6.07, 6.45) is 4.65. The first-order chi connectivity index (χ1) is 8.11. The molecule has 1 aromatic rings. The van der Waals surface area contributed by atoms with Crippen LogP contribution in [0.1, 0.15) is 24.8 Å². The maximum atomic E-state index is 10.7. The highest BCUT2D eigenvalue weighted by Crippen LogP contribution is 2.19. The summed E-state index contributed by atoms with van der Waals surface area (Å²) in [7, 11) is 0. The summed E-state index contributed by atoms with van der Waals surface area (Å²) in [6, 6.07) is 6.44. The predicted octanol–water partition coefficient (Wildman–Crippen LogP) is 2.86. The van der Waals surface area contributed by atoms with Crippen LogP contribution in [0.3, 0.4) is 0 Å². The molecule has 1 rings (SSSR count). The van der Waals surface area contributed by atoms with Crippen molar-refractivity contribution >= 4 is 17.7 Å². The summed E-state index contributed by atoms with van der Waals surface area (Å²) < 4.78 is 0. The van der Waals surface area contributed by atoms with Gasteiger partial charge in [0, 0.05) is 12.5 Å². The van der Waals surface area contributed by atoms with E-state index in [1.165, 1.54) is 6.07 Å². The molecule has 90 valence electrons. The molecule has 17 heavy (non-hydrogen) atoms. The lowest BCUT2D eigenvalue weighted by Gasteiger charge is -1.96. The molecule has 1 N–H and O–H groups in total. The first-order valence-corrected chi connectivity index (χ1v) is 5.23. The summed E-state index contributed by atoms with van der Waals surface area (Å²) in [4.78, 5) is 20.5. The van der Waals surface area contributed by atoms with E-state index in [0.717, 1.165) is 0 Å². The van der Waals surface area contributed by atoms with Crippen molar-refractivity contribution in [1.29, 1.82) is 0 Å². The van der Waals surface area contributed by atoms with E-state index in [0.29, 0.717) is 18.4 Å². The SMILES string of the molecule is O=C(O)CCCC=Cc1ccccc1[N+](=O)[O-]. The van der Waals surface area contributed by atoms with Crippen LogP contribution in [0.15, 0.2) is 30.3 Å². The molecule has 0 atom stereocenters. The molecule has 0 radical (unpaired) electrons. The first-order valence-electron chi connectivity index (χ1n) is 5.23. The number of nitro benzene ring substituents is 1. The summed E-state index contributed by atoms with van der Waals surface area (Å²) >= 11 is 0. The molecule has 5 heteroatoms. The minimum Gasteiger partial charge on any atom is -0.481 e. The third-order valence-corrected chi connectivity index (χ3v) is 2.19. The minimum atomic E-state index is -0.830. The van der Waals surface area contributed by atoms with Crippen molar-refractivity contribution in [3.05, 3.63) is 46.0 Å². The Bertz CT molecular complexity index is 440. The monoisotopic (exact) mass is 235 g/mol. The van der Waals surface area contributed by atoms with Crippen LogP contribution in [0, 0.1) is 10.1 Å². The molecule has 0 fully saturated rings. The Morgan fingerprint density at radius 3 is 2.76 bits per heavy atom. The van der Waals surface area contributed by atoms with E-state index in [1.54, 1.807) is 30.4 Å². The lowest BCUT2D eigenvalue weighted by Crippen LogP contribution is -1.92. The van der Waals surface area contributed by atoms with E-state index in [1.807, 2.05) is 0 Å². The Hall–Kier alpha value is -2.17. The predicted molar refractivity (Wildman–Crippen MR) is 63.6 cm³/mol. The average molecular weight is 235 g/mol. The maximum absolute atomic E-state index is 10.7. The number of rotatable bonds is 6. The zero-order valence-electron chi connectivity index (χ0n) is 9.20. The number of allylic oxidation sites excluding steroid dienone is 1. The number of para-hydroxylation sites is 1. The van der Waals surface area contributed by atoms with E-state index in [4.69, 9.17) is 5.11 Å². The highest BCUT2D eigenvalue weighted by Gasteiger charge is 2.08. The Morgan fingerprint density at radius 2 is 2.12 bits per heavy atom. The van der Waals surface area contributed by atoms with Crippen LogP contribution < -0.4 is 0 Å². The van der Waals surface area contributed by atoms with E-state index in [2.05, 4.69) is 0 Å².